The fourth-order valence-corrected chi connectivity index (χ4v) is 1.99. The number of aromatic nitrogens is 5. The highest BCUT2D eigenvalue weighted by Gasteiger charge is 2.27. The molecule has 1 aromatic carbocycles. The molecule has 0 saturated heterocycles. The van der Waals surface area contributed by atoms with E-state index in [1.54, 1.807) is 6.20 Å². The normalized spacial score (nSPS) is 15.1. The van der Waals surface area contributed by atoms with Crippen LogP contribution >= 0.6 is 0 Å². The lowest BCUT2D eigenvalue weighted by Gasteiger charge is -1.97. The van der Waals surface area contributed by atoms with Gasteiger partial charge in [0.25, 0.3) is 0 Å². The van der Waals surface area contributed by atoms with E-state index in [1.165, 1.54) is 12.8 Å². The van der Waals surface area contributed by atoms with Gasteiger partial charge in [0.1, 0.15) is 11.5 Å². The molecule has 1 saturated carbocycles. The summed E-state index contributed by atoms with van der Waals surface area (Å²) in [5.41, 5.74) is 2.48. The van der Waals surface area contributed by atoms with Crippen LogP contribution in [0.5, 0.6) is 0 Å². The van der Waals surface area contributed by atoms with Crippen molar-refractivity contribution in [3.8, 4) is 11.5 Å². The average molecular weight is 237 g/mol. The number of rotatable bonds is 2. The van der Waals surface area contributed by atoms with E-state index in [2.05, 4.69) is 25.1 Å². The van der Waals surface area contributed by atoms with Crippen LogP contribution < -0.4 is 0 Å². The zero-order valence-corrected chi connectivity index (χ0v) is 9.67. The molecule has 0 unspecified atom stereocenters. The van der Waals surface area contributed by atoms with Crippen molar-refractivity contribution < 1.29 is 0 Å². The minimum atomic E-state index is 0.569. The van der Waals surface area contributed by atoms with Crippen LogP contribution in [0.15, 0.2) is 30.5 Å². The number of H-pyrrole nitrogens is 1. The molecule has 1 aliphatic rings. The highest BCUT2D eigenvalue weighted by Crippen LogP contribution is 2.38. The van der Waals surface area contributed by atoms with Gasteiger partial charge in [0.05, 0.1) is 17.2 Å². The monoisotopic (exact) mass is 237 g/mol. The number of nitrogens with zero attached hydrogens (tertiary/aromatic N) is 4. The van der Waals surface area contributed by atoms with E-state index >= 15 is 0 Å². The lowest BCUT2D eigenvalue weighted by molar-refractivity contribution is 0.935. The van der Waals surface area contributed by atoms with Gasteiger partial charge in [0.2, 0.25) is 5.82 Å². The van der Waals surface area contributed by atoms with Crippen molar-refractivity contribution in [2.45, 2.75) is 18.8 Å². The lowest BCUT2D eigenvalue weighted by Crippen LogP contribution is -1.90. The van der Waals surface area contributed by atoms with Crippen LogP contribution in [0.3, 0.4) is 0 Å². The Labute approximate surface area is 103 Å². The maximum atomic E-state index is 4.53. The van der Waals surface area contributed by atoms with Gasteiger partial charge in [-0.3, -0.25) is 10.1 Å². The van der Waals surface area contributed by atoms with Gasteiger partial charge < -0.3 is 0 Å². The Kier molecular flexibility index (Phi) is 1.94. The van der Waals surface area contributed by atoms with Gasteiger partial charge in [0.15, 0.2) is 0 Å². The predicted octanol–water partition coefficient (Wildman–Crippen LogP) is 2.29. The molecule has 3 aromatic rings. The fraction of sp³-hybridized carbons (Fsp3) is 0.231. The van der Waals surface area contributed by atoms with Gasteiger partial charge in [-0.05, 0) is 25.0 Å². The zero-order chi connectivity index (χ0) is 11.9. The molecule has 2 heterocycles. The molecular formula is C13H11N5. The smallest absolute Gasteiger partial charge is 0.201 e. The minimum absolute atomic E-state index is 0.569. The first-order valence-electron chi connectivity index (χ1n) is 6.04. The Balaban J connectivity index is 1.80. The van der Waals surface area contributed by atoms with Gasteiger partial charge in [-0.2, -0.15) is 5.10 Å². The molecule has 1 N–H and O–H groups in total. The second kappa shape index (κ2) is 3.60. The molecule has 0 amide bonds. The van der Waals surface area contributed by atoms with Crippen LogP contribution in [0.1, 0.15) is 24.6 Å². The van der Waals surface area contributed by atoms with E-state index in [9.17, 15) is 0 Å². The van der Waals surface area contributed by atoms with Gasteiger partial charge >= 0.3 is 0 Å². The third-order valence-electron chi connectivity index (χ3n) is 3.14. The maximum absolute atomic E-state index is 4.53. The average Bonchev–Trinajstić information content (AvgIpc) is 3.16. The number of para-hydroxylation sites is 2. The Bertz CT molecular complexity index is 714. The van der Waals surface area contributed by atoms with Crippen LogP contribution in [-0.4, -0.2) is 25.1 Å². The van der Waals surface area contributed by atoms with Crippen molar-refractivity contribution >= 4 is 11.0 Å². The van der Waals surface area contributed by atoms with Crippen LogP contribution in [0, 0.1) is 0 Å². The summed E-state index contributed by atoms with van der Waals surface area (Å²) in [6.45, 7) is 0. The molecule has 0 atom stereocenters. The minimum Gasteiger partial charge on any atom is -0.262 e. The number of nitrogens with one attached hydrogen (secondary N) is 1. The molecule has 88 valence electrons. The first-order chi connectivity index (χ1) is 8.90. The van der Waals surface area contributed by atoms with E-state index in [4.69, 9.17) is 0 Å². The summed E-state index contributed by atoms with van der Waals surface area (Å²) in [5, 5.41) is 7.20. The summed E-state index contributed by atoms with van der Waals surface area (Å²) in [6, 6.07) is 7.79. The molecule has 0 aliphatic heterocycles. The van der Waals surface area contributed by atoms with Crippen molar-refractivity contribution in [2.75, 3.05) is 0 Å². The Morgan fingerprint density at radius 3 is 2.72 bits per heavy atom. The number of fused-ring (bicyclic) bond motifs is 1. The molecule has 0 spiro atoms. The predicted molar refractivity (Wildman–Crippen MR) is 66.9 cm³/mol. The van der Waals surface area contributed by atoms with Gasteiger partial charge in [-0.25, -0.2) is 9.97 Å². The molecule has 18 heavy (non-hydrogen) atoms. The molecule has 1 fully saturated rings. The second-order valence-electron chi connectivity index (χ2n) is 4.56. The van der Waals surface area contributed by atoms with E-state index in [0.29, 0.717) is 11.7 Å². The second-order valence-corrected chi connectivity index (χ2v) is 4.56. The van der Waals surface area contributed by atoms with E-state index in [1.807, 2.05) is 24.3 Å². The number of hydrogen-bond acceptors (Lipinski definition) is 4. The lowest BCUT2D eigenvalue weighted by atomic mass is 10.3. The fourth-order valence-electron chi connectivity index (χ4n) is 1.99. The Hall–Kier alpha value is -2.30. The van der Waals surface area contributed by atoms with Crippen molar-refractivity contribution in [1.82, 2.24) is 25.1 Å². The Morgan fingerprint density at radius 2 is 1.89 bits per heavy atom. The zero-order valence-electron chi connectivity index (χ0n) is 9.67. The first-order valence-corrected chi connectivity index (χ1v) is 6.04. The Morgan fingerprint density at radius 1 is 1.06 bits per heavy atom. The van der Waals surface area contributed by atoms with Crippen molar-refractivity contribution in [2.24, 2.45) is 0 Å². The quantitative estimate of drug-likeness (QED) is 0.742. The summed E-state index contributed by atoms with van der Waals surface area (Å²) in [4.78, 5) is 13.4. The highest BCUT2D eigenvalue weighted by atomic mass is 15.2. The molecule has 4 rings (SSSR count). The van der Waals surface area contributed by atoms with E-state index < -0.39 is 0 Å². The van der Waals surface area contributed by atoms with Gasteiger partial charge in [-0.15, -0.1) is 0 Å². The van der Waals surface area contributed by atoms with E-state index in [-0.39, 0.29) is 0 Å². The largest absolute Gasteiger partial charge is 0.262 e. The number of hydrogen-bond donors (Lipinski definition) is 1. The molecule has 1 aliphatic carbocycles. The highest BCUT2D eigenvalue weighted by molar-refractivity contribution is 5.75. The topological polar surface area (TPSA) is 67.3 Å². The van der Waals surface area contributed by atoms with Crippen LogP contribution in [0.2, 0.25) is 0 Å². The third kappa shape index (κ3) is 1.55. The van der Waals surface area contributed by atoms with Crippen LogP contribution in [0.25, 0.3) is 22.6 Å². The van der Waals surface area contributed by atoms with Gasteiger partial charge in [-0.1, -0.05) is 12.1 Å². The van der Waals surface area contributed by atoms with E-state index in [0.717, 1.165) is 22.6 Å². The molecule has 2 aromatic heterocycles. The number of aromatic amines is 1. The third-order valence-corrected chi connectivity index (χ3v) is 3.14. The SMILES string of the molecule is c1ccc2nc(-c3n[nH]c(C4CC4)n3)cnc2c1. The molecular weight excluding hydrogens is 226 g/mol. The number of benzene rings is 1. The summed E-state index contributed by atoms with van der Waals surface area (Å²) >= 11 is 0. The van der Waals surface area contributed by atoms with Crippen molar-refractivity contribution in [3.05, 3.63) is 36.3 Å². The molecule has 0 bridgehead atoms. The van der Waals surface area contributed by atoms with Crippen LogP contribution in [-0.2, 0) is 0 Å². The summed E-state index contributed by atoms with van der Waals surface area (Å²) in [6.07, 6.45) is 4.14. The molecule has 0 radical (unpaired) electrons. The van der Waals surface area contributed by atoms with Crippen LogP contribution in [0.4, 0.5) is 0 Å². The maximum Gasteiger partial charge on any atom is 0.201 e. The van der Waals surface area contributed by atoms with Crippen molar-refractivity contribution in [1.29, 1.82) is 0 Å². The standard InChI is InChI=1S/C13H11N5/c1-2-4-10-9(3-1)14-7-11(15-10)13-16-12(17-18-13)8-5-6-8/h1-4,7-8H,5-6H2,(H,16,17,18). The van der Waals surface area contributed by atoms with Gasteiger partial charge in [0, 0.05) is 5.92 Å². The van der Waals surface area contributed by atoms with Crippen molar-refractivity contribution in [3.63, 3.8) is 0 Å². The first kappa shape index (κ1) is 9.70. The molecule has 5 heteroatoms. The summed E-state index contributed by atoms with van der Waals surface area (Å²) in [5.74, 6) is 2.18. The summed E-state index contributed by atoms with van der Waals surface area (Å²) in [7, 11) is 0. The summed E-state index contributed by atoms with van der Waals surface area (Å²) < 4.78 is 0. The molecule has 5 nitrogen and oxygen atoms in total.